The van der Waals surface area contributed by atoms with Crippen LogP contribution >= 0.6 is 11.6 Å². The SMILES string of the molecule is CCC1(O)CN(C(=O)c2ccc(CCl)cc2)C1. The highest BCUT2D eigenvalue weighted by atomic mass is 35.5. The number of benzene rings is 1. The first-order chi connectivity index (χ1) is 8.08. The van der Waals surface area contributed by atoms with Crippen LogP contribution in [0.1, 0.15) is 29.3 Å². The molecule has 1 saturated heterocycles. The van der Waals surface area contributed by atoms with Crippen LogP contribution in [0.4, 0.5) is 0 Å². The number of amides is 1. The van der Waals surface area contributed by atoms with Crippen molar-refractivity contribution in [1.29, 1.82) is 0 Å². The highest BCUT2D eigenvalue weighted by molar-refractivity contribution is 6.17. The molecule has 0 aromatic heterocycles. The quantitative estimate of drug-likeness (QED) is 0.838. The first-order valence-electron chi connectivity index (χ1n) is 5.74. The van der Waals surface area contributed by atoms with E-state index >= 15 is 0 Å². The van der Waals surface area contributed by atoms with Crippen LogP contribution in [0.15, 0.2) is 24.3 Å². The second kappa shape index (κ2) is 4.67. The number of carbonyl (C=O) groups is 1. The molecular weight excluding hydrogens is 238 g/mol. The van der Waals surface area contributed by atoms with E-state index in [4.69, 9.17) is 11.6 Å². The summed E-state index contributed by atoms with van der Waals surface area (Å²) in [7, 11) is 0. The molecule has 1 aromatic carbocycles. The lowest BCUT2D eigenvalue weighted by molar-refractivity contribution is -0.0826. The van der Waals surface area contributed by atoms with Gasteiger partial charge >= 0.3 is 0 Å². The Labute approximate surface area is 106 Å². The van der Waals surface area contributed by atoms with Gasteiger partial charge in [-0.1, -0.05) is 19.1 Å². The van der Waals surface area contributed by atoms with Crippen LogP contribution in [0.5, 0.6) is 0 Å². The number of carbonyl (C=O) groups excluding carboxylic acids is 1. The summed E-state index contributed by atoms with van der Waals surface area (Å²) in [5.74, 6) is 0.428. The van der Waals surface area contributed by atoms with Gasteiger partial charge in [0.2, 0.25) is 0 Å². The number of likely N-dealkylation sites (tertiary alicyclic amines) is 1. The first-order valence-corrected chi connectivity index (χ1v) is 6.28. The topological polar surface area (TPSA) is 40.5 Å². The Bertz CT molecular complexity index is 410. The van der Waals surface area contributed by atoms with Crippen molar-refractivity contribution < 1.29 is 9.90 Å². The molecule has 1 amide bonds. The highest BCUT2D eigenvalue weighted by Crippen LogP contribution is 2.25. The van der Waals surface area contributed by atoms with E-state index in [-0.39, 0.29) is 5.91 Å². The average molecular weight is 254 g/mol. The van der Waals surface area contributed by atoms with E-state index < -0.39 is 5.60 Å². The fraction of sp³-hybridized carbons (Fsp3) is 0.462. The zero-order chi connectivity index (χ0) is 12.5. The molecule has 1 aromatic rings. The van der Waals surface area contributed by atoms with Crippen molar-refractivity contribution in [3.05, 3.63) is 35.4 Å². The van der Waals surface area contributed by atoms with Gasteiger partial charge in [0, 0.05) is 11.4 Å². The van der Waals surface area contributed by atoms with Crippen molar-refractivity contribution in [1.82, 2.24) is 4.90 Å². The minimum Gasteiger partial charge on any atom is -0.386 e. The van der Waals surface area contributed by atoms with Crippen LogP contribution in [0.2, 0.25) is 0 Å². The minimum absolute atomic E-state index is 0.0238. The Balaban J connectivity index is 2.01. The Hall–Kier alpha value is -1.06. The average Bonchev–Trinajstić information content (AvgIpc) is 2.34. The van der Waals surface area contributed by atoms with Crippen molar-refractivity contribution in [2.45, 2.75) is 24.8 Å². The molecule has 92 valence electrons. The number of aliphatic hydroxyl groups is 1. The van der Waals surface area contributed by atoms with E-state index in [1.807, 2.05) is 19.1 Å². The zero-order valence-corrected chi connectivity index (χ0v) is 10.6. The summed E-state index contributed by atoms with van der Waals surface area (Å²) in [5, 5.41) is 9.86. The number of hydrogen-bond acceptors (Lipinski definition) is 2. The fourth-order valence-electron chi connectivity index (χ4n) is 1.95. The first kappa shape index (κ1) is 12.4. The summed E-state index contributed by atoms with van der Waals surface area (Å²) in [6.45, 7) is 2.79. The lowest BCUT2D eigenvalue weighted by Gasteiger charge is -2.46. The smallest absolute Gasteiger partial charge is 0.254 e. The predicted octanol–water partition coefficient (Wildman–Crippen LogP) is 2.02. The summed E-state index contributed by atoms with van der Waals surface area (Å²) >= 11 is 5.69. The number of hydrogen-bond donors (Lipinski definition) is 1. The molecule has 1 aliphatic heterocycles. The van der Waals surface area contributed by atoms with Crippen LogP contribution in [-0.4, -0.2) is 34.6 Å². The molecule has 1 fully saturated rings. The van der Waals surface area contributed by atoms with Gasteiger partial charge < -0.3 is 10.0 Å². The van der Waals surface area contributed by atoms with Crippen molar-refractivity contribution in [3.8, 4) is 0 Å². The molecule has 1 N–H and O–H groups in total. The monoisotopic (exact) mass is 253 g/mol. The Morgan fingerprint density at radius 2 is 2.00 bits per heavy atom. The number of halogens is 1. The molecule has 0 radical (unpaired) electrons. The number of nitrogens with zero attached hydrogens (tertiary/aromatic N) is 1. The maximum atomic E-state index is 12.0. The molecule has 0 saturated carbocycles. The maximum absolute atomic E-state index is 12.0. The van der Waals surface area contributed by atoms with Gasteiger partial charge in [0.25, 0.3) is 5.91 Å². The van der Waals surface area contributed by atoms with E-state index in [9.17, 15) is 9.90 Å². The lowest BCUT2D eigenvalue weighted by atomic mass is 9.90. The van der Waals surface area contributed by atoms with Gasteiger partial charge in [0.1, 0.15) is 0 Å². The minimum atomic E-state index is -0.675. The third kappa shape index (κ3) is 2.45. The fourth-order valence-corrected chi connectivity index (χ4v) is 2.13. The second-order valence-electron chi connectivity index (χ2n) is 4.57. The third-order valence-corrected chi connectivity index (χ3v) is 3.58. The standard InChI is InChI=1S/C13H16ClNO2/c1-2-13(17)8-15(9-13)12(16)11-5-3-10(7-14)4-6-11/h3-6,17H,2,7-9H2,1H3. The van der Waals surface area contributed by atoms with Gasteiger partial charge in [-0.3, -0.25) is 4.79 Å². The van der Waals surface area contributed by atoms with Gasteiger partial charge in [-0.15, -0.1) is 11.6 Å². The van der Waals surface area contributed by atoms with Crippen molar-refractivity contribution in [2.75, 3.05) is 13.1 Å². The van der Waals surface area contributed by atoms with Crippen LogP contribution in [0.3, 0.4) is 0 Å². The molecular formula is C13H16ClNO2. The molecule has 0 unspecified atom stereocenters. The largest absolute Gasteiger partial charge is 0.386 e. The molecule has 0 aliphatic carbocycles. The van der Waals surface area contributed by atoms with Crippen LogP contribution < -0.4 is 0 Å². The summed E-state index contributed by atoms with van der Waals surface area (Å²) in [6.07, 6.45) is 0.683. The molecule has 0 bridgehead atoms. The number of β-amino-alcohol motifs (C(OH)–C–C–N with tert-alkyl or cyclic N) is 1. The molecule has 17 heavy (non-hydrogen) atoms. The summed E-state index contributed by atoms with van der Waals surface area (Å²) < 4.78 is 0. The van der Waals surface area contributed by atoms with Gasteiger partial charge in [-0.05, 0) is 24.1 Å². The molecule has 0 atom stereocenters. The predicted molar refractivity (Wildman–Crippen MR) is 67.1 cm³/mol. The zero-order valence-electron chi connectivity index (χ0n) is 9.82. The van der Waals surface area contributed by atoms with Gasteiger partial charge in [-0.25, -0.2) is 0 Å². The summed E-state index contributed by atoms with van der Waals surface area (Å²) in [6, 6.07) is 7.27. The van der Waals surface area contributed by atoms with E-state index in [1.54, 1.807) is 17.0 Å². The lowest BCUT2D eigenvalue weighted by Crippen LogP contribution is -2.63. The van der Waals surface area contributed by atoms with Crippen LogP contribution in [-0.2, 0) is 5.88 Å². The van der Waals surface area contributed by atoms with Crippen molar-refractivity contribution >= 4 is 17.5 Å². The Morgan fingerprint density at radius 3 is 2.47 bits per heavy atom. The van der Waals surface area contributed by atoms with Crippen molar-refractivity contribution in [3.63, 3.8) is 0 Å². The number of rotatable bonds is 3. The molecule has 1 aliphatic rings. The number of alkyl halides is 1. The van der Waals surface area contributed by atoms with Crippen molar-refractivity contribution in [2.24, 2.45) is 0 Å². The maximum Gasteiger partial charge on any atom is 0.254 e. The molecule has 3 nitrogen and oxygen atoms in total. The summed E-state index contributed by atoms with van der Waals surface area (Å²) in [5.41, 5.74) is 0.972. The molecule has 4 heteroatoms. The van der Waals surface area contributed by atoms with E-state index in [1.165, 1.54) is 0 Å². The van der Waals surface area contributed by atoms with Crippen LogP contribution in [0, 0.1) is 0 Å². The van der Waals surface area contributed by atoms with E-state index in [2.05, 4.69) is 0 Å². The summed E-state index contributed by atoms with van der Waals surface area (Å²) in [4.78, 5) is 13.7. The highest BCUT2D eigenvalue weighted by Gasteiger charge is 2.42. The molecule has 2 rings (SSSR count). The molecule has 0 spiro atoms. The normalized spacial score (nSPS) is 17.7. The van der Waals surface area contributed by atoms with Crippen LogP contribution in [0.25, 0.3) is 0 Å². The Kier molecular flexibility index (Phi) is 3.40. The van der Waals surface area contributed by atoms with E-state index in [0.29, 0.717) is 31.0 Å². The second-order valence-corrected chi connectivity index (χ2v) is 4.84. The van der Waals surface area contributed by atoms with E-state index in [0.717, 1.165) is 5.56 Å². The third-order valence-electron chi connectivity index (χ3n) is 3.27. The van der Waals surface area contributed by atoms with Gasteiger partial charge in [0.05, 0.1) is 18.7 Å². The Morgan fingerprint density at radius 1 is 1.41 bits per heavy atom. The van der Waals surface area contributed by atoms with Gasteiger partial charge in [-0.2, -0.15) is 0 Å². The van der Waals surface area contributed by atoms with Gasteiger partial charge in [0.15, 0.2) is 0 Å². The molecule has 1 heterocycles.